The van der Waals surface area contributed by atoms with Crippen molar-refractivity contribution in [3.8, 4) is 0 Å². The van der Waals surface area contributed by atoms with E-state index in [-0.39, 0.29) is 18.0 Å². The highest BCUT2D eigenvalue weighted by atomic mass is 79.9. The first-order chi connectivity index (χ1) is 15.3. The Hall–Kier alpha value is -3.37. The Morgan fingerprint density at radius 3 is 2.50 bits per heavy atom. The summed E-state index contributed by atoms with van der Waals surface area (Å²) in [7, 11) is 0. The fourth-order valence-electron chi connectivity index (χ4n) is 3.34. The minimum absolute atomic E-state index is 0.00788. The minimum Gasteiger partial charge on any atom is -0.368 e. The van der Waals surface area contributed by atoms with Gasteiger partial charge in [-0.05, 0) is 48.2 Å². The summed E-state index contributed by atoms with van der Waals surface area (Å²) in [5.74, 6) is -1.51. The van der Waals surface area contributed by atoms with E-state index in [1.54, 1.807) is 41.1 Å². The Kier molecular flexibility index (Phi) is 6.15. The Labute approximate surface area is 195 Å². The molecule has 4 amide bonds. The number of carbonyl (C=O) groups excluding carboxylic acids is 4. The highest BCUT2D eigenvalue weighted by Crippen LogP contribution is 2.34. The van der Waals surface area contributed by atoms with Crippen LogP contribution in [-0.2, 0) is 20.9 Å². The van der Waals surface area contributed by atoms with Gasteiger partial charge in [-0.3, -0.25) is 24.1 Å². The van der Waals surface area contributed by atoms with Crippen molar-refractivity contribution in [1.82, 2.24) is 9.47 Å². The number of hydrogen-bond donors (Lipinski definition) is 2. The summed E-state index contributed by atoms with van der Waals surface area (Å²) in [4.78, 5) is 50.1. The number of nitrogens with two attached hydrogens (primary N) is 1. The summed E-state index contributed by atoms with van der Waals surface area (Å²) in [6.07, 6.45) is 3.31. The first-order valence-corrected chi connectivity index (χ1v) is 11.1. The monoisotopic (exact) mass is 512 g/mol. The maximum absolute atomic E-state index is 12.8. The number of amides is 4. The molecule has 1 aromatic heterocycles. The number of para-hydroxylation sites is 1. The van der Waals surface area contributed by atoms with Crippen molar-refractivity contribution < 1.29 is 19.2 Å². The number of primary amides is 1. The first kappa shape index (κ1) is 21.8. The summed E-state index contributed by atoms with van der Waals surface area (Å²) < 4.78 is 2.56. The zero-order valence-corrected chi connectivity index (χ0v) is 19.0. The van der Waals surface area contributed by atoms with Gasteiger partial charge in [0.2, 0.25) is 11.8 Å². The fourth-order valence-corrected chi connectivity index (χ4v) is 4.44. The molecule has 0 aliphatic carbocycles. The molecule has 162 valence electrons. The van der Waals surface area contributed by atoms with Crippen LogP contribution < -0.4 is 11.1 Å². The van der Waals surface area contributed by atoms with Gasteiger partial charge < -0.3 is 15.6 Å². The highest BCUT2D eigenvalue weighted by Gasteiger charge is 2.36. The van der Waals surface area contributed by atoms with E-state index in [4.69, 9.17) is 5.73 Å². The summed E-state index contributed by atoms with van der Waals surface area (Å²) in [6, 6.07) is 14.3. The Morgan fingerprint density at radius 1 is 1.06 bits per heavy atom. The van der Waals surface area contributed by atoms with Crippen LogP contribution in [0.5, 0.6) is 0 Å². The molecule has 3 N–H and O–H groups in total. The molecule has 0 radical (unpaired) electrons. The quantitative estimate of drug-likeness (QED) is 0.490. The topological polar surface area (TPSA) is 114 Å². The highest BCUT2D eigenvalue weighted by molar-refractivity contribution is 9.10. The molecule has 10 heteroatoms. The molecule has 1 fully saturated rings. The zero-order valence-electron chi connectivity index (χ0n) is 16.6. The third-order valence-corrected chi connectivity index (χ3v) is 6.17. The summed E-state index contributed by atoms with van der Waals surface area (Å²) >= 11 is 4.09. The minimum atomic E-state index is -0.544. The van der Waals surface area contributed by atoms with E-state index in [0.29, 0.717) is 11.3 Å². The van der Waals surface area contributed by atoms with Gasteiger partial charge in [-0.1, -0.05) is 34.1 Å². The lowest BCUT2D eigenvalue weighted by atomic mass is 10.1. The molecule has 0 atom stereocenters. The van der Waals surface area contributed by atoms with Crippen molar-refractivity contribution >= 4 is 73.3 Å². The number of benzene rings is 2. The van der Waals surface area contributed by atoms with Crippen LogP contribution in [0.15, 0.2) is 64.1 Å². The number of nitrogens with zero attached hydrogens (tertiary/aromatic N) is 2. The second-order valence-electron chi connectivity index (χ2n) is 7.02. The maximum atomic E-state index is 12.8. The van der Waals surface area contributed by atoms with E-state index in [1.165, 1.54) is 0 Å². The summed E-state index contributed by atoms with van der Waals surface area (Å²) in [6.45, 7) is -0.395. The maximum Gasteiger partial charge on any atom is 0.294 e. The standard InChI is InChI=1S/C22H17BrN4O4S/c23-14-5-7-15(8-6-14)25-20(29)12-27-21(30)18(32-22(27)31)9-13-10-26(11-19(24)28)17-4-2-1-3-16(13)17/h1-10H,11-12H2,(H2,24,28)(H,25,29)/b18-9-. The predicted octanol–water partition coefficient (Wildman–Crippen LogP) is 3.56. The van der Waals surface area contributed by atoms with Gasteiger partial charge in [-0.15, -0.1) is 0 Å². The zero-order chi connectivity index (χ0) is 22.8. The predicted molar refractivity (Wildman–Crippen MR) is 127 cm³/mol. The van der Waals surface area contributed by atoms with E-state index in [2.05, 4.69) is 21.2 Å². The Morgan fingerprint density at radius 2 is 1.78 bits per heavy atom. The lowest BCUT2D eigenvalue weighted by molar-refractivity contribution is -0.127. The Bertz CT molecular complexity index is 1280. The van der Waals surface area contributed by atoms with Crippen LogP contribution in [0.1, 0.15) is 5.56 Å². The number of fused-ring (bicyclic) bond motifs is 1. The number of rotatable bonds is 6. The average Bonchev–Trinajstić information content (AvgIpc) is 3.22. The molecule has 0 spiro atoms. The number of halogens is 1. The number of hydrogen-bond acceptors (Lipinski definition) is 5. The Balaban J connectivity index is 1.54. The van der Waals surface area contributed by atoms with Gasteiger partial charge in [-0.2, -0.15) is 0 Å². The van der Waals surface area contributed by atoms with Crippen molar-refractivity contribution in [1.29, 1.82) is 0 Å². The first-order valence-electron chi connectivity index (χ1n) is 9.49. The molecule has 0 bridgehead atoms. The average molecular weight is 513 g/mol. The van der Waals surface area contributed by atoms with Gasteiger partial charge in [0.1, 0.15) is 13.1 Å². The largest absolute Gasteiger partial charge is 0.368 e. The van der Waals surface area contributed by atoms with Crippen LogP contribution in [0, 0.1) is 0 Å². The van der Waals surface area contributed by atoms with Crippen molar-refractivity contribution in [2.24, 2.45) is 5.73 Å². The number of nitrogens with one attached hydrogen (secondary N) is 1. The summed E-state index contributed by atoms with van der Waals surface area (Å²) in [5.41, 5.74) is 7.34. The lowest BCUT2D eigenvalue weighted by Crippen LogP contribution is -2.36. The SMILES string of the molecule is NC(=O)Cn1cc(/C=C2\SC(=O)N(CC(=O)Nc3ccc(Br)cc3)C2=O)c2ccccc21. The van der Waals surface area contributed by atoms with Crippen LogP contribution >= 0.6 is 27.7 Å². The van der Waals surface area contributed by atoms with E-state index >= 15 is 0 Å². The van der Waals surface area contributed by atoms with Crippen molar-refractivity contribution in [2.75, 3.05) is 11.9 Å². The van der Waals surface area contributed by atoms with Gasteiger partial charge in [0.15, 0.2) is 0 Å². The number of aromatic nitrogens is 1. The molecule has 1 aliphatic rings. The third kappa shape index (κ3) is 4.61. The molecule has 1 aliphatic heterocycles. The second kappa shape index (κ2) is 9.01. The van der Waals surface area contributed by atoms with Crippen LogP contribution in [0.4, 0.5) is 10.5 Å². The van der Waals surface area contributed by atoms with Crippen LogP contribution in [0.2, 0.25) is 0 Å². The molecule has 2 heterocycles. The molecule has 2 aromatic carbocycles. The summed E-state index contributed by atoms with van der Waals surface area (Å²) in [5, 5.41) is 2.96. The fraction of sp³-hybridized carbons (Fsp3) is 0.0909. The van der Waals surface area contributed by atoms with Crippen molar-refractivity contribution in [3.63, 3.8) is 0 Å². The van der Waals surface area contributed by atoms with Gasteiger partial charge in [-0.25, -0.2) is 0 Å². The molecule has 1 saturated heterocycles. The van der Waals surface area contributed by atoms with E-state index in [1.807, 2.05) is 24.3 Å². The molecular weight excluding hydrogens is 496 g/mol. The molecule has 32 heavy (non-hydrogen) atoms. The smallest absolute Gasteiger partial charge is 0.294 e. The third-order valence-electron chi connectivity index (χ3n) is 4.74. The van der Waals surface area contributed by atoms with Crippen molar-refractivity contribution in [2.45, 2.75) is 6.54 Å². The van der Waals surface area contributed by atoms with Gasteiger partial charge in [0.25, 0.3) is 11.1 Å². The van der Waals surface area contributed by atoms with E-state index < -0.39 is 23.0 Å². The second-order valence-corrected chi connectivity index (χ2v) is 8.93. The van der Waals surface area contributed by atoms with Gasteiger partial charge in [0.05, 0.1) is 4.91 Å². The molecule has 8 nitrogen and oxygen atoms in total. The number of thioether (sulfide) groups is 1. The molecule has 3 aromatic rings. The number of carbonyl (C=O) groups is 4. The van der Waals surface area contributed by atoms with Crippen molar-refractivity contribution in [3.05, 3.63) is 69.7 Å². The number of imide groups is 1. The van der Waals surface area contributed by atoms with E-state index in [9.17, 15) is 19.2 Å². The van der Waals surface area contributed by atoms with Crippen LogP contribution in [0.25, 0.3) is 17.0 Å². The van der Waals surface area contributed by atoms with E-state index in [0.717, 1.165) is 32.0 Å². The molecule has 0 unspecified atom stereocenters. The molecule has 0 saturated carbocycles. The molecule has 4 rings (SSSR count). The number of anilines is 1. The normalized spacial score (nSPS) is 15.0. The van der Waals surface area contributed by atoms with Gasteiger partial charge >= 0.3 is 0 Å². The van der Waals surface area contributed by atoms with Gasteiger partial charge in [0, 0.05) is 32.8 Å². The molecular formula is C22H17BrN4O4S. The van der Waals surface area contributed by atoms with Crippen LogP contribution in [-0.4, -0.2) is 39.0 Å². The van der Waals surface area contributed by atoms with Crippen LogP contribution in [0.3, 0.4) is 0 Å². The lowest BCUT2D eigenvalue weighted by Gasteiger charge is -2.12.